The van der Waals surface area contributed by atoms with E-state index >= 15 is 0 Å². The lowest BCUT2D eigenvalue weighted by molar-refractivity contribution is -0.131. The van der Waals surface area contributed by atoms with Crippen molar-refractivity contribution in [3.05, 3.63) is 89.0 Å². The molecule has 30 heavy (non-hydrogen) atoms. The Labute approximate surface area is 176 Å². The number of ether oxygens (including phenoxy) is 1. The Balaban J connectivity index is 1.53. The third-order valence-corrected chi connectivity index (χ3v) is 6.11. The summed E-state index contributed by atoms with van der Waals surface area (Å²) in [5.41, 5.74) is 4.23. The lowest BCUT2D eigenvalue weighted by Gasteiger charge is -2.36. The highest BCUT2D eigenvalue weighted by Gasteiger charge is 2.32. The van der Waals surface area contributed by atoms with Crippen LogP contribution in [0.5, 0.6) is 5.75 Å². The minimum absolute atomic E-state index is 0.0224. The van der Waals surface area contributed by atoms with Gasteiger partial charge in [-0.15, -0.1) is 0 Å². The summed E-state index contributed by atoms with van der Waals surface area (Å²) in [6.45, 7) is 0.765. The average molecular weight is 399 g/mol. The molecule has 152 valence electrons. The number of aryl methyl sites for hydroxylation is 2. The summed E-state index contributed by atoms with van der Waals surface area (Å²) in [4.78, 5) is 20.3. The largest absolute Gasteiger partial charge is 0.488 e. The van der Waals surface area contributed by atoms with Crippen molar-refractivity contribution in [3.8, 4) is 5.75 Å². The van der Waals surface area contributed by atoms with Crippen molar-refractivity contribution in [2.24, 2.45) is 7.05 Å². The summed E-state index contributed by atoms with van der Waals surface area (Å²) in [6.07, 6.45) is 8.78. The van der Waals surface area contributed by atoms with Gasteiger partial charge in [0.15, 0.2) is 0 Å². The number of hydrogen-bond acceptors (Lipinski definition) is 3. The van der Waals surface area contributed by atoms with Gasteiger partial charge in [-0.3, -0.25) is 4.79 Å². The first-order valence-corrected chi connectivity index (χ1v) is 10.5. The van der Waals surface area contributed by atoms with Crippen molar-refractivity contribution >= 4 is 12.0 Å². The zero-order valence-electron chi connectivity index (χ0n) is 17.1. The fourth-order valence-corrected chi connectivity index (χ4v) is 4.50. The quantitative estimate of drug-likeness (QED) is 0.657. The maximum Gasteiger partial charge on any atom is 0.254 e. The van der Waals surface area contributed by atoms with Crippen molar-refractivity contribution in [2.45, 2.75) is 31.8 Å². The standard InChI is InChI=1S/C25H25N3O2/c1-27-14-13-26-24(27)16-28(22-11-6-9-18-7-2-4-10-21(18)22)25(29)20-15-19-8-3-5-12-23(19)30-17-20/h2-5,7-8,10,12-15,22H,6,9,11,16-17H2,1H3. The molecule has 2 aromatic carbocycles. The smallest absolute Gasteiger partial charge is 0.254 e. The van der Waals surface area contributed by atoms with Gasteiger partial charge >= 0.3 is 0 Å². The second-order valence-electron chi connectivity index (χ2n) is 7.99. The van der Waals surface area contributed by atoms with Crippen LogP contribution in [0.2, 0.25) is 0 Å². The number of nitrogens with zero attached hydrogens (tertiary/aromatic N) is 3. The molecule has 0 N–H and O–H groups in total. The van der Waals surface area contributed by atoms with E-state index in [-0.39, 0.29) is 11.9 Å². The van der Waals surface area contributed by atoms with Crippen LogP contribution in [-0.4, -0.2) is 27.0 Å². The second-order valence-corrected chi connectivity index (χ2v) is 7.99. The number of benzene rings is 2. The molecule has 5 heteroatoms. The van der Waals surface area contributed by atoms with E-state index < -0.39 is 0 Å². The van der Waals surface area contributed by atoms with Gasteiger partial charge in [-0.25, -0.2) is 4.98 Å². The van der Waals surface area contributed by atoms with Gasteiger partial charge in [0.05, 0.1) is 18.2 Å². The first kappa shape index (κ1) is 18.7. The van der Waals surface area contributed by atoms with Crippen molar-refractivity contribution in [2.75, 3.05) is 6.61 Å². The number of carbonyl (C=O) groups is 1. The number of aromatic nitrogens is 2. The fourth-order valence-electron chi connectivity index (χ4n) is 4.50. The summed E-state index contributed by atoms with van der Waals surface area (Å²) in [7, 11) is 1.97. The number of hydrogen-bond donors (Lipinski definition) is 0. The van der Waals surface area contributed by atoms with Crippen molar-refractivity contribution in [3.63, 3.8) is 0 Å². The van der Waals surface area contributed by atoms with Gasteiger partial charge in [0.1, 0.15) is 18.2 Å². The predicted octanol–water partition coefficient (Wildman–Crippen LogP) is 4.30. The summed E-state index contributed by atoms with van der Waals surface area (Å²) < 4.78 is 7.87. The van der Waals surface area contributed by atoms with Gasteiger partial charge in [-0.05, 0) is 42.5 Å². The Hall–Kier alpha value is -3.34. The Morgan fingerprint density at radius 1 is 1.20 bits per heavy atom. The SMILES string of the molecule is Cn1ccnc1CN(C(=O)C1=Cc2ccccc2OC1)C1CCCc2ccccc21. The van der Waals surface area contributed by atoms with E-state index in [9.17, 15) is 4.79 Å². The third-order valence-electron chi connectivity index (χ3n) is 6.11. The molecular weight excluding hydrogens is 374 g/mol. The molecular formula is C25H25N3O2. The Morgan fingerprint density at radius 3 is 2.90 bits per heavy atom. The zero-order valence-corrected chi connectivity index (χ0v) is 17.1. The third kappa shape index (κ3) is 3.41. The first-order chi connectivity index (χ1) is 14.7. The molecule has 1 aromatic heterocycles. The van der Waals surface area contributed by atoms with Gasteiger partial charge in [-0.1, -0.05) is 42.5 Å². The van der Waals surface area contributed by atoms with Crippen LogP contribution in [0.3, 0.4) is 0 Å². The second kappa shape index (κ2) is 7.82. The highest BCUT2D eigenvalue weighted by molar-refractivity contribution is 5.99. The van der Waals surface area contributed by atoms with Crippen molar-refractivity contribution < 1.29 is 9.53 Å². The van der Waals surface area contributed by atoms with Gasteiger partial charge in [0, 0.05) is 25.0 Å². The molecule has 0 radical (unpaired) electrons. The van der Waals surface area contributed by atoms with E-state index in [0.717, 1.165) is 36.4 Å². The summed E-state index contributed by atoms with van der Waals surface area (Å²) in [5.74, 6) is 1.73. The molecule has 0 saturated heterocycles. The number of amides is 1. The molecule has 2 aliphatic rings. The monoisotopic (exact) mass is 399 g/mol. The van der Waals surface area contributed by atoms with E-state index in [0.29, 0.717) is 18.7 Å². The van der Waals surface area contributed by atoms with Gasteiger partial charge in [-0.2, -0.15) is 0 Å². The molecule has 2 heterocycles. The fraction of sp³-hybridized carbons (Fsp3) is 0.280. The topological polar surface area (TPSA) is 47.4 Å². The van der Waals surface area contributed by atoms with Crippen molar-refractivity contribution in [1.29, 1.82) is 0 Å². The van der Waals surface area contributed by atoms with Crippen LogP contribution in [0, 0.1) is 0 Å². The molecule has 0 spiro atoms. The summed E-state index contributed by atoms with van der Waals surface area (Å²) in [6, 6.07) is 16.4. The highest BCUT2D eigenvalue weighted by Crippen LogP contribution is 2.36. The normalized spacial score (nSPS) is 17.4. The Bertz CT molecular complexity index is 1110. The van der Waals surface area contributed by atoms with E-state index in [1.165, 1.54) is 11.1 Å². The minimum Gasteiger partial charge on any atom is -0.488 e. The maximum absolute atomic E-state index is 13.8. The molecule has 1 amide bonds. The molecule has 0 bridgehead atoms. The van der Waals surface area contributed by atoms with Gasteiger partial charge < -0.3 is 14.2 Å². The van der Waals surface area contributed by atoms with Crippen molar-refractivity contribution in [1.82, 2.24) is 14.5 Å². The first-order valence-electron chi connectivity index (χ1n) is 10.5. The van der Waals surface area contributed by atoms with Gasteiger partial charge in [0.2, 0.25) is 0 Å². The highest BCUT2D eigenvalue weighted by atomic mass is 16.5. The molecule has 5 nitrogen and oxygen atoms in total. The number of carbonyl (C=O) groups excluding carboxylic acids is 1. The predicted molar refractivity (Wildman–Crippen MR) is 116 cm³/mol. The number of imidazole rings is 1. The van der Waals surface area contributed by atoms with Gasteiger partial charge in [0.25, 0.3) is 5.91 Å². The lowest BCUT2D eigenvalue weighted by atomic mass is 9.86. The molecule has 0 fully saturated rings. The molecule has 5 rings (SSSR count). The Kier molecular flexibility index (Phi) is 4.87. The van der Waals surface area contributed by atoms with Crippen LogP contribution in [0.25, 0.3) is 6.08 Å². The van der Waals surface area contributed by atoms with Crippen LogP contribution >= 0.6 is 0 Å². The Morgan fingerprint density at radius 2 is 2.03 bits per heavy atom. The number of fused-ring (bicyclic) bond motifs is 2. The molecule has 1 aliphatic heterocycles. The van der Waals surface area contributed by atoms with Crippen LogP contribution in [0.1, 0.15) is 41.4 Å². The van der Waals surface area contributed by atoms with Crippen LogP contribution in [0.4, 0.5) is 0 Å². The van der Waals surface area contributed by atoms with Crippen LogP contribution in [0.15, 0.2) is 66.5 Å². The molecule has 1 atom stereocenters. The number of rotatable bonds is 4. The zero-order chi connectivity index (χ0) is 20.5. The molecule has 1 unspecified atom stereocenters. The lowest BCUT2D eigenvalue weighted by Crippen LogP contribution is -2.39. The molecule has 3 aromatic rings. The minimum atomic E-state index is 0.0224. The maximum atomic E-state index is 13.8. The molecule has 1 aliphatic carbocycles. The number of para-hydroxylation sites is 1. The van der Waals surface area contributed by atoms with Crippen LogP contribution in [-0.2, 0) is 24.8 Å². The summed E-state index contributed by atoms with van der Waals surface area (Å²) in [5, 5.41) is 0. The molecule has 0 saturated carbocycles. The van der Waals surface area contributed by atoms with E-state index in [2.05, 4.69) is 29.2 Å². The average Bonchev–Trinajstić information content (AvgIpc) is 3.20. The van der Waals surface area contributed by atoms with E-state index in [1.807, 2.05) is 53.1 Å². The van der Waals surface area contributed by atoms with E-state index in [4.69, 9.17) is 4.74 Å². The van der Waals surface area contributed by atoms with E-state index in [1.54, 1.807) is 6.20 Å². The van der Waals surface area contributed by atoms with Crippen LogP contribution < -0.4 is 4.74 Å². The summed E-state index contributed by atoms with van der Waals surface area (Å²) >= 11 is 0.